The Bertz CT molecular complexity index is 281. The third kappa shape index (κ3) is 16.7. The fourth-order valence-electron chi connectivity index (χ4n) is 1.85. The van der Waals surface area contributed by atoms with Gasteiger partial charge in [-0.1, -0.05) is 43.6 Å². The average molecular weight is 260 g/mol. The quantitative estimate of drug-likeness (QED) is 0.192. The number of hydrogen-bond acceptors (Lipinski definition) is 1. The SMILES string of the molecule is C#CCCC/C=C\C/C=C\CCCCCCCC=O. The van der Waals surface area contributed by atoms with Crippen LogP contribution in [0.3, 0.4) is 0 Å². The van der Waals surface area contributed by atoms with Crippen molar-refractivity contribution in [2.24, 2.45) is 0 Å². The van der Waals surface area contributed by atoms with Crippen LogP contribution in [-0.2, 0) is 4.79 Å². The lowest BCUT2D eigenvalue weighted by Gasteiger charge is -1.97. The van der Waals surface area contributed by atoms with Crippen molar-refractivity contribution in [3.05, 3.63) is 24.3 Å². The Labute approximate surface area is 119 Å². The van der Waals surface area contributed by atoms with E-state index >= 15 is 0 Å². The largest absolute Gasteiger partial charge is 0.303 e. The summed E-state index contributed by atoms with van der Waals surface area (Å²) in [5.41, 5.74) is 0. The van der Waals surface area contributed by atoms with E-state index in [9.17, 15) is 4.79 Å². The van der Waals surface area contributed by atoms with Gasteiger partial charge in [0.25, 0.3) is 0 Å². The molecular weight excluding hydrogens is 232 g/mol. The van der Waals surface area contributed by atoms with Crippen LogP contribution in [0.15, 0.2) is 24.3 Å². The van der Waals surface area contributed by atoms with E-state index in [1.807, 2.05) is 0 Å². The highest BCUT2D eigenvalue weighted by Crippen LogP contribution is 2.07. The van der Waals surface area contributed by atoms with Crippen LogP contribution in [0, 0.1) is 12.3 Å². The molecule has 0 radical (unpaired) electrons. The Morgan fingerprint density at radius 3 is 1.95 bits per heavy atom. The average Bonchev–Trinajstić information content (AvgIpc) is 2.43. The molecule has 0 unspecified atom stereocenters. The molecule has 0 saturated heterocycles. The van der Waals surface area contributed by atoms with Crippen LogP contribution in [-0.4, -0.2) is 6.29 Å². The third-order valence-corrected chi connectivity index (χ3v) is 2.99. The number of carbonyl (C=O) groups is 1. The Kier molecular flexibility index (Phi) is 15.6. The zero-order valence-corrected chi connectivity index (χ0v) is 12.2. The van der Waals surface area contributed by atoms with Crippen molar-refractivity contribution in [3.63, 3.8) is 0 Å². The minimum atomic E-state index is 0.730. The molecule has 0 aliphatic rings. The molecule has 1 nitrogen and oxygen atoms in total. The molecule has 0 heterocycles. The Balaban J connectivity index is 3.17. The summed E-state index contributed by atoms with van der Waals surface area (Å²) in [6.45, 7) is 0. The van der Waals surface area contributed by atoms with Crippen molar-refractivity contribution in [2.75, 3.05) is 0 Å². The summed E-state index contributed by atoms with van der Waals surface area (Å²) >= 11 is 0. The van der Waals surface area contributed by atoms with Gasteiger partial charge in [0.2, 0.25) is 0 Å². The second-order valence-electron chi connectivity index (χ2n) is 4.79. The van der Waals surface area contributed by atoms with Gasteiger partial charge >= 0.3 is 0 Å². The minimum Gasteiger partial charge on any atom is -0.303 e. The highest BCUT2D eigenvalue weighted by atomic mass is 16.1. The molecule has 0 aliphatic heterocycles. The lowest BCUT2D eigenvalue weighted by molar-refractivity contribution is -0.107. The molecule has 0 amide bonds. The molecule has 0 aromatic carbocycles. The zero-order chi connectivity index (χ0) is 14.0. The van der Waals surface area contributed by atoms with Gasteiger partial charge in [0.15, 0.2) is 0 Å². The molecule has 0 aliphatic carbocycles. The van der Waals surface area contributed by atoms with Crippen LogP contribution in [0.1, 0.15) is 70.6 Å². The van der Waals surface area contributed by atoms with Crippen molar-refractivity contribution >= 4 is 6.29 Å². The van der Waals surface area contributed by atoms with Gasteiger partial charge in [-0.25, -0.2) is 0 Å². The first-order valence-electron chi connectivity index (χ1n) is 7.59. The summed E-state index contributed by atoms with van der Waals surface area (Å²) in [5.74, 6) is 2.65. The molecule has 19 heavy (non-hydrogen) atoms. The highest BCUT2D eigenvalue weighted by molar-refractivity contribution is 5.48. The van der Waals surface area contributed by atoms with Gasteiger partial charge in [0.05, 0.1) is 0 Å². The number of carbonyl (C=O) groups excluding carboxylic acids is 1. The summed E-state index contributed by atoms with van der Waals surface area (Å²) in [5, 5.41) is 0. The van der Waals surface area contributed by atoms with Crippen molar-refractivity contribution < 1.29 is 4.79 Å². The Hall–Kier alpha value is -1.29. The molecular formula is C18H28O. The van der Waals surface area contributed by atoms with Gasteiger partial charge in [0, 0.05) is 12.8 Å². The van der Waals surface area contributed by atoms with Gasteiger partial charge in [-0.2, -0.15) is 0 Å². The monoisotopic (exact) mass is 260 g/mol. The number of terminal acetylenes is 1. The predicted octanol–water partition coefficient (Wildman–Crippen LogP) is 5.22. The van der Waals surface area contributed by atoms with Crippen LogP contribution in [0.5, 0.6) is 0 Å². The Morgan fingerprint density at radius 1 is 0.737 bits per heavy atom. The van der Waals surface area contributed by atoms with Crippen molar-refractivity contribution in [2.45, 2.75) is 70.6 Å². The number of unbranched alkanes of at least 4 members (excludes halogenated alkanes) is 8. The smallest absolute Gasteiger partial charge is 0.119 e. The molecule has 0 bridgehead atoms. The van der Waals surface area contributed by atoms with E-state index in [4.69, 9.17) is 6.42 Å². The maximum absolute atomic E-state index is 10.1. The van der Waals surface area contributed by atoms with E-state index in [1.54, 1.807) is 0 Å². The van der Waals surface area contributed by atoms with Gasteiger partial charge in [-0.3, -0.25) is 0 Å². The Morgan fingerprint density at radius 2 is 1.32 bits per heavy atom. The predicted molar refractivity (Wildman–Crippen MR) is 84.0 cm³/mol. The summed E-state index contributed by atoms with van der Waals surface area (Å²) < 4.78 is 0. The molecule has 0 aromatic rings. The molecule has 0 spiro atoms. The maximum Gasteiger partial charge on any atom is 0.119 e. The highest BCUT2D eigenvalue weighted by Gasteiger charge is 1.89. The molecule has 0 N–H and O–H groups in total. The summed E-state index contributed by atoms with van der Waals surface area (Å²) in [4.78, 5) is 10.1. The summed E-state index contributed by atoms with van der Waals surface area (Å²) in [7, 11) is 0. The summed E-state index contributed by atoms with van der Waals surface area (Å²) in [6, 6.07) is 0. The van der Waals surface area contributed by atoms with Crippen LogP contribution < -0.4 is 0 Å². The second kappa shape index (κ2) is 16.7. The molecule has 0 saturated carbocycles. The zero-order valence-electron chi connectivity index (χ0n) is 12.2. The fourth-order valence-corrected chi connectivity index (χ4v) is 1.85. The van der Waals surface area contributed by atoms with Crippen LogP contribution in [0.25, 0.3) is 0 Å². The van der Waals surface area contributed by atoms with Gasteiger partial charge in [-0.05, 0) is 38.5 Å². The van der Waals surface area contributed by atoms with E-state index in [1.165, 1.54) is 32.1 Å². The number of allylic oxidation sites excluding steroid dienone is 4. The number of hydrogen-bond donors (Lipinski definition) is 0. The molecule has 0 fully saturated rings. The van der Waals surface area contributed by atoms with Crippen molar-refractivity contribution in [3.8, 4) is 12.3 Å². The van der Waals surface area contributed by atoms with E-state index in [0.29, 0.717) is 0 Å². The van der Waals surface area contributed by atoms with Crippen molar-refractivity contribution in [1.82, 2.24) is 0 Å². The summed E-state index contributed by atoms with van der Waals surface area (Å²) in [6.07, 6.45) is 27.2. The first-order valence-corrected chi connectivity index (χ1v) is 7.59. The van der Waals surface area contributed by atoms with E-state index < -0.39 is 0 Å². The first-order chi connectivity index (χ1) is 9.41. The lowest BCUT2D eigenvalue weighted by atomic mass is 10.1. The third-order valence-electron chi connectivity index (χ3n) is 2.99. The fraction of sp³-hybridized carbons (Fsp3) is 0.611. The molecule has 0 aromatic heterocycles. The van der Waals surface area contributed by atoms with Gasteiger partial charge in [-0.15, -0.1) is 12.3 Å². The maximum atomic E-state index is 10.1. The second-order valence-corrected chi connectivity index (χ2v) is 4.79. The standard InChI is InChI=1S/C18H28O/c1-2-3-4-5-6-7-8-9-10-11-12-13-14-15-16-17-18-19/h1,6-7,9-10,18H,3-5,8,11-17H2/b7-6-,10-9-. The normalized spacial score (nSPS) is 11.1. The minimum absolute atomic E-state index is 0.730. The van der Waals surface area contributed by atoms with Crippen LogP contribution in [0.4, 0.5) is 0 Å². The molecule has 1 heteroatoms. The van der Waals surface area contributed by atoms with Gasteiger partial charge in [0.1, 0.15) is 6.29 Å². The van der Waals surface area contributed by atoms with Crippen LogP contribution in [0.2, 0.25) is 0 Å². The van der Waals surface area contributed by atoms with E-state index in [0.717, 1.165) is 44.8 Å². The first kappa shape index (κ1) is 17.7. The number of rotatable bonds is 13. The molecule has 0 rings (SSSR count). The molecule has 0 atom stereocenters. The van der Waals surface area contributed by atoms with E-state index in [-0.39, 0.29) is 0 Å². The topological polar surface area (TPSA) is 17.1 Å². The van der Waals surface area contributed by atoms with Crippen LogP contribution >= 0.6 is 0 Å². The van der Waals surface area contributed by atoms with Gasteiger partial charge < -0.3 is 4.79 Å². The molecule has 106 valence electrons. The number of aldehydes is 1. The van der Waals surface area contributed by atoms with Crippen molar-refractivity contribution in [1.29, 1.82) is 0 Å². The van der Waals surface area contributed by atoms with E-state index in [2.05, 4.69) is 30.2 Å². The lowest BCUT2D eigenvalue weighted by Crippen LogP contribution is -1.80.